The Morgan fingerprint density at radius 2 is 1.57 bits per heavy atom. The molecule has 1 aliphatic carbocycles. The highest BCUT2D eigenvalue weighted by atomic mass is 19.1. The van der Waals surface area contributed by atoms with E-state index in [1.54, 1.807) is 6.92 Å². The number of aliphatic carboxylic acids is 1. The summed E-state index contributed by atoms with van der Waals surface area (Å²) in [5, 5.41) is 14.0. The Balaban J connectivity index is 1.39. The number of carboxylic acid groups (broad SMARTS) is 1. The molecule has 8 heteroatoms. The highest BCUT2D eigenvalue weighted by Crippen LogP contribution is 2.44. The number of ether oxygens (including phenoxy) is 1. The number of amides is 2. The van der Waals surface area contributed by atoms with Gasteiger partial charge in [0.25, 0.3) is 5.91 Å². The normalized spacial score (nSPS) is 13.8. The van der Waals surface area contributed by atoms with Gasteiger partial charge >= 0.3 is 12.1 Å². The van der Waals surface area contributed by atoms with E-state index < -0.39 is 35.7 Å². The number of hydrogen-bond acceptors (Lipinski definition) is 4. The van der Waals surface area contributed by atoms with Crippen molar-refractivity contribution in [3.05, 3.63) is 89.2 Å². The summed E-state index contributed by atoms with van der Waals surface area (Å²) >= 11 is 0. The van der Waals surface area contributed by atoms with Gasteiger partial charge in [-0.1, -0.05) is 48.5 Å². The quantitative estimate of drug-likeness (QED) is 0.444. The number of carboxylic acids is 1. The molecular formula is C27H25FN2O5. The van der Waals surface area contributed by atoms with Crippen molar-refractivity contribution in [2.75, 3.05) is 11.9 Å². The molecule has 7 nitrogen and oxygen atoms in total. The summed E-state index contributed by atoms with van der Waals surface area (Å²) in [4.78, 5) is 35.8. The smallest absolute Gasteiger partial charge is 0.411 e. The minimum atomic E-state index is -1.05. The monoisotopic (exact) mass is 476 g/mol. The molecule has 0 spiro atoms. The zero-order chi connectivity index (χ0) is 25.1. The molecule has 2 atom stereocenters. The molecule has 3 aromatic carbocycles. The maximum Gasteiger partial charge on any atom is 0.411 e. The highest BCUT2D eigenvalue weighted by molar-refractivity contribution is 5.95. The lowest BCUT2D eigenvalue weighted by molar-refractivity contribution is -0.141. The fourth-order valence-corrected chi connectivity index (χ4v) is 4.13. The fraction of sp³-hybridized carbons (Fsp3) is 0.222. The molecule has 0 heterocycles. The second-order valence-corrected chi connectivity index (χ2v) is 8.53. The van der Waals surface area contributed by atoms with Gasteiger partial charge in [0.05, 0.1) is 11.6 Å². The van der Waals surface area contributed by atoms with Crippen LogP contribution in [0.1, 0.15) is 41.3 Å². The first-order chi connectivity index (χ1) is 16.8. The molecule has 3 N–H and O–H groups in total. The van der Waals surface area contributed by atoms with Gasteiger partial charge in [-0.05, 0) is 54.3 Å². The number of rotatable bonds is 7. The minimum Gasteiger partial charge on any atom is -0.481 e. The molecule has 0 fully saturated rings. The van der Waals surface area contributed by atoms with Crippen LogP contribution in [0, 0.1) is 11.7 Å². The average Bonchev–Trinajstić information content (AvgIpc) is 3.17. The number of carbonyl (C=O) groups excluding carboxylic acids is 2. The van der Waals surface area contributed by atoms with Crippen molar-refractivity contribution in [2.45, 2.75) is 25.8 Å². The maximum absolute atomic E-state index is 14.6. The van der Waals surface area contributed by atoms with Gasteiger partial charge in [0.15, 0.2) is 0 Å². The molecule has 0 aromatic heterocycles. The molecule has 4 rings (SSSR count). The summed E-state index contributed by atoms with van der Waals surface area (Å²) in [6.07, 6.45) is -0.813. The maximum atomic E-state index is 14.6. The van der Waals surface area contributed by atoms with E-state index in [-0.39, 0.29) is 23.8 Å². The lowest BCUT2D eigenvalue weighted by Gasteiger charge is -2.18. The second kappa shape index (κ2) is 9.97. The molecular weight excluding hydrogens is 451 g/mol. The molecule has 0 saturated heterocycles. The fourth-order valence-electron chi connectivity index (χ4n) is 4.13. The summed E-state index contributed by atoms with van der Waals surface area (Å²) < 4.78 is 20.0. The van der Waals surface area contributed by atoms with Crippen molar-refractivity contribution < 1.29 is 28.6 Å². The summed E-state index contributed by atoms with van der Waals surface area (Å²) in [6, 6.07) is 18.8. The first-order valence-electron chi connectivity index (χ1n) is 11.2. The summed E-state index contributed by atoms with van der Waals surface area (Å²) in [5.41, 5.74) is 4.20. The van der Waals surface area contributed by atoms with E-state index in [9.17, 15) is 18.8 Å². The van der Waals surface area contributed by atoms with Crippen LogP contribution in [0.2, 0.25) is 0 Å². The van der Waals surface area contributed by atoms with Crippen LogP contribution in [0.5, 0.6) is 0 Å². The number of carbonyl (C=O) groups is 3. The SMILES string of the molecule is CC(NC(=O)c1ccc(NC(=O)OCC2c3ccccc3-c3ccccc32)c(F)c1)C(C)C(=O)O. The molecule has 0 aliphatic heterocycles. The second-order valence-electron chi connectivity index (χ2n) is 8.53. The Bertz CT molecular complexity index is 1250. The van der Waals surface area contributed by atoms with Crippen molar-refractivity contribution in [3.63, 3.8) is 0 Å². The van der Waals surface area contributed by atoms with E-state index in [0.717, 1.165) is 28.3 Å². The summed E-state index contributed by atoms with van der Waals surface area (Å²) in [5.74, 6) is -3.41. The van der Waals surface area contributed by atoms with Gasteiger partial charge in [0.2, 0.25) is 0 Å². The van der Waals surface area contributed by atoms with E-state index in [4.69, 9.17) is 9.84 Å². The minimum absolute atomic E-state index is 0.00465. The first-order valence-corrected chi connectivity index (χ1v) is 11.2. The lowest BCUT2D eigenvalue weighted by Crippen LogP contribution is -2.40. The van der Waals surface area contributed by atoms with E-state index >= 15 is 0 Å². The molecule has 35 heavy (non-hydrogen) atoms. The molecule has 0 saturated carbocycles. The standard InChI is InChI=1S/C27H25FN2O5/c1-15(26(32)33)16(2)29-25(31)17-11-12-24(23(28)13-17)30-27(34)35-14-22-20-9-5-3-7-18(20)19-8-4-6-10-21(19)22/h3-13,15-16,22H,14H2,1-2H3,(H,29,31)(H,30,34)(H,32,33). The van der Waals surface area contributed by atoms with Crippen LogP contribution in [0.25, 0.3) is 11.1 Å². The van der Waals surface area contributed by atoms with Crippen molar-refractivity contribution >= 4 is 23.7 Å². The van der Waals surface area contributed by atoms with Crippen molar-refractivity contribution in [3.8, 4) is 11.1 Å². The third-order valence-electron chi connectivity index (χ3n) is 6.31. The zero-order valence-corrected chi connectivity index (χ0v) is 19.2. The highest BCUT2D eigenvalue weighted by Gasteiger charge is 2.29. The number of nitrogens with one attached hydrogen (secondary N) is 2. The van der Waals surface area contributed by atoms with Crippen LogP contribution >= 0.6 is 0 Å². The van der Waals surface area contributed by atoms with Gasteiger partial charge in [-0.25, -0.2) is 9.18 Å². The van der Waals surface area contributed by atoms with E-state index in [0.29, 0.717) is 0 Å². The van der Waals surface area contributed by atoms with Gasteiger partial charge in [-0.3, -0.25) is 14.9 Å². The Hall–Kier alpha value is -4.20. The Morgan fingerprint density at radius 1 is 0.971 bits per heavy atom. The third-order valence-corrected chi connectivity index (χ3v) is 6.31. The number of hydrogen-bond donors (Lipinski definition) is 3. The number of benzene rings is 3. The van der Waals surface area contributed by atoms with Gasteiger partial charge < -0.3 is 15.2 Å². The molecule has 2 unspecified atom stereocenters. The van der Waals surface area contributed by atoms with Gasteiger partial charge in [-0.15, -0.1) is 0 Å². The third kappa shape index (κ3) is 5.01. The predicted molar refractivity (Wildman–Crippen MR) is 129 cm³/mol. The zero-order valence-electron chi connectivity index (χ0n) is 19.2. The number of fused-ring (bicyclic) bond motifs is 3. The largest absolute Gasteiger partial charge is 0.481 e. The lowest BCUT2D eigenvalue weighted by atomic mass is 9.98. The topological polar surface area (TPSA) is 105 Å². The van der Waals surface area contributed by atoms with Crippen molar-refractivity contribution in [2.24, 2.45) is 5.92 Å². The van der Waals surface area contributed by atoms with Crippen molar-refractivity contribution in [1.82, 2.24) is 5.32 Å². The Kier molecular flexibility index (Phi) is 6.82. The van der Waals surface area contributed by atoms with E-state index in [1.807, 2.05) is 48.5 Å². The van der Waals surface area contributed by atoms with Crippen LogP contribution in [0.4, 0.5) is 14.9 Å². The molecule has 1 aliphatic rings. The molecule has 0 radical (unpaired) electrons. The van der Waals surface area contributed by atoms with Crippen LogP contribution in [-0.2, 0) is 9.53 Å². The van der Waals surface area contributed by atoms with E-state index in [2.05, 4.69) is 10.6 Å². The number of halogens is 1. The summed E-state index contributed by atoms with van der Waals surface area (Å²) in [7, 11) is 0. The molecule has 180 valence electrons. The number of anilines is 1. The average molecular weight is 477 g/mol. The van der Waals surface area contributed by atoms with Crippen LogP contribution in [-0.4, -0.2) is 35.7 Å². The molecule has 0 bridgehead atoms. The van der Waals surface area contributed by atoms with Gasteiger partial charge in [-0.2, -0.15) is 0 Å². The first kappa shape index (κ1) is 23.9. The predicted octanol–water partition coefficient (Wildman–Crippen LogP) is 5.03. The van der Waals surface area contributed by atoms with Crippen LogP contribution < -0.4 is 10.6 Å². The van der Waals surface area contributed by atoms with Crippen molar-refractivity contribution in [1.29, 1.82) is 0 Å². The molecule has 2 amide bonds. The molecule has 3 aromatic rings. The van der Waals surface area contributed by atoms with Crippen LogP contribution in [0.15, 0.2) is 66.7 Å². The van der Waals surface area contributed by atoms with E-state index in [1.165, 1.54) is 19.1 Å². The summed E-state index contributed by atoms with van der Waals surface area (Å²) in [6.45, 7) is 3.11. The van der Waals surface area contributed by atoms with Crippen LogP contribution in [0.3, 0.4) is 0 Å². The Morgan fingerprint density at radius 3 is 2.14 bits per heavy atom. The van der Waals surface area contributed by atoms with Gasteiger partial charge in [0, 0.05) is 17.5 Å². The Labute approximate surface area is 201 Å². The van der Waals surface area contributed by atoms with Gasteiger partial charge in [0.1, 0.15) is 12.4 Å².